The number of nitrogens with zero attached hydrogens (tertiary/aromatic N) is 1. The summed E-state index contributed by atoms with van der Waals surface area (Å²) in [5, 5.41) is 2.74. The normalized spacial score (nSPS) is 11.1. The first-order valence-corrected chi connectivity index (χ1v) is 12.3. The third kappa shape index (κ3) is 6.51. The molecule has 0 heterocycles. The molecule has 34 heavy (non-hydrogen) atoms. The zero-order valence-electron chi connectivity index (χ0n) is 19.9. The number of benzene rings is 3. The van der Waals surface area contributed by atoms with Crippen molar-refractivity contribution in [3.05, 3.63) is 83.4 Å². The van der Waals surface area contributed by atoms with Gasteiger partial charge in [-0.2, -0.15) is 0 Å². The van der Waals surface area contributed by atoms with Crippen molar-refractivity contribution in [1.29, 1.82) is 0 Å². The van der Waals surface area contributed by atoms with E-state index in [0.717, 1.165) is 26.7 Å². The Morgan fingerprint density at radius 2 is 1.47 bits per heavy atom. The molecule has 0 saturated carbocycles. The van der Waals surface area contributed by atoms with Crippen LogP contribution in [0.4, 0.5) is 5.69 Å². The third-order valence-electron chi connectivity index (χ3n) is 5.14. The fraction of sp³-hybridized carbons (Fsp3) is 0.269. The minimum atomic E-state index is -3.97. The number of rotatable bonds is 10. The smallest absolute Gasteiger partial charge is 0.264 e. The molecular formula is C26H30N2O5S. The molecule has 0 aliphatic rings. The number of carbonyl (C=O) groups excluding carboxylic acids is 1. The predicted octanol–water partition coefficient (Wildman–Crippen LogP) is 4.01. The highest BCUT2D eigenvalue weighted by molar-refractivity contribution is 7.92. The van der Waals surface area contributed by atoms with Gasteiger partial charge in [-0.05, 0) is 80.4 Å². The SMILES string of the molecule is COc1ccc(N(CC(=O)NCCOc2cc(C)cc(C)c2)S(=O)(=O)c2ccc(C)cc2)cc1. The molecule has 7 nitrogen and oxygen atoms in total. The van der Waals surface area contributed by atoms with Gasteiger partial charge in [-0.25, -0.2) is 8.42 Å². The molecule has 3 rings (SSSR count). The molecule has 0 fully saturated rings. The van der Waals surface area contributed by atoms with Crippen molar-refractivity contribution in [2.75, 3.05) is 31.1 Å². The standard InChI is InChI=1S/C26H30N2O5S/c1-19-5-11-25(12-6-19)34(30,31)28(22-7-9-23(32-4)10-8-22)18-26(29)27-13-14-33-24-16-20(2)15-21(3)17-24/h5-12,15-17H,13-14,18H2,1-4H3,(H,27,29). The second kappa shape index (κ2) is 11.1. The van der Waals surface area contributed by atoms with Crippen LogP contribution in [0.1, 0.15) is 16.7 Å². The van der Waals surface area contributed by atoms with Gasteiger partial charge in [0.15, 0.2) is 0 Å². The lowest BCUT2D eigenvalue weighted by atomic mass is 10.1. The number of amides is 1. The molecule has 0 spiro atoms. The maximum absolute atomic E-state index is 13.4. The second-order valence-corrected chi connectivity index (χ2v) is 9.91. The van der Waals surface area contributed by atoms with Crippen molar-refractivity contribution in [2.45, 2.75) is 25.7 Å². The minimum Gasteiger partial charge on any atom is -0.497 e. The lowest BCUT2D eigenvalue weighted by Gasteiger charge is -2.24. The average Bonchev–Trinajstić information content (AvgIpc) is 2.80. The van der Waals surface area contributed by atoms with E-state index in [0.29, 0.717) is 11.4 Å². The highest BCUT2D eigenvalue weighted by atomic mass is 32.2. The maximum atomic E-state index is 13.4. The van der Waals surface area contributed by atoms with Crippen LogP contribution < -0.4 is 19.1 Å². The van der Waals surface area contributed by atoms with Crippen molar-refractivity contribution in [3.63, 3.8) is 0 Å². The van der Waals surface area contributed by atoms with Crippen molar-refractivity contribution in [3.8, 4) is 11.5 Å². The first-order chi connectivity index (χ1) is 16.2. The summed E-state index contributed by atoms with van der Waals surface area (Å²) in [7, 11) is -2.44. The zero-order chi connectivity index (χ0) is 24.7. The Bertz CT molecular complexity index is 1200. The van der Waals surface area contributed by atoms with Gasteiger partial charge in [0.2, 0.25) is 5.91 Å². The fourth-order valence-electron chi connectivity index (χ4n) is 3.46. The molecule has 1 N–H and O–H groups in total. The van der Waals surface area contributed by atoms with Crippen LogP contribution in [-0.2, 0) is 14.8 Å². The Kier molecular flexibility index (Phi) is 8.17. The van der Waals surface area contributed by atoms with Crippen LogP contribution in [0.3, 0.4) is 0 Å². The first kappa shape index (κ1) is 25.1. The number of methoxy groups -OCH3 is 1. The molecule has 0 atom stereocenters. The van der Waals surface area contributed by atoms with Gasteiger partial charge in [-0.15, -0.1) is 0 Å². The van der Waals surface area contributed by atoms with E-state index in [1.165, 1.54) is 19.2 Å². The molecule has 0 aromatic heterocycles. The van der Waals surface area contributed by atoms with E-state index in [-0.39, 0.29) is 24.6 Å². The van der Waals surface area contributed by atoms with Crippen LogP contribution in [0, 0.1) is 20.8 Å². The molecular weight excluding hydrogens is 452 g/mol. The molecule has 1 amide bonds. The van der Waals surface area contributed by atoms with E-state index < -0.39 is 15.9 Å². The molecule has 0 radical (unpaired) electrons. The van der Waals surface area contributed by atoms with Gasteiger partial charge in [0.25, 0.3) is 10.0 Å². The fourth-order valence-corrected chi connectivity index (χ4v) is 4.88. The lowest BCUT2D eigenvalue weighted by Crippen LogP contribution is -2.41. The summed E-state index contributed by atoms with van der Waals surface area (Å²) in [6, 6.07) is 19.0. The number of aryl methyl sites for hydroxylation is 3. The molecule has 3 aromatic carbocycles. The van der Waals surface area contributed by atoms with Crippen LogP contribution >= 0.6 is 0 Å². The molecule has 0 bridgehead atoms. The van der Waals surface area contributed by atoms with Crippen molar-refractivity contribution in [1.82, 2.24) is 5.32 Å². The van der Waals surface area contributed by atoms with E-state index in [9.17, 15) is 13.2 Å². The zero-order valence-corrected chi connectivity index (χ0v) is 20.7. The first-order valence-electron chi connectivity index (χ1n) is 10.9. The number of anilines is 1. The molecule has 0 unspecified atom stereocenters. The third-order valence-corrected chi connectivity index (χ3v) is 6.93. The van der Waals surface area contributed by atoms with Gasteiger partial charge >= 0.3 is 0 Å². The number of carbonyl (C=O) groups is 1. The van der Waals surface area contributed by atoms with Crippen LogP contribution in [0.2, 0.25) is 0 Å². The van der Waals surface area contributed by atoms with E-state index in [1.807, 2.05) is 32.9 Å². The summed E-state index contributed by atoms with van der Waals surface area (Å²) < 4.78 is 38.8. The van der Waals surface area contributed by atoms with Gasteiger partial charge in [0.05, 0.1) is 24.2 Å². The van der Waals surface area contributed by atoms with Crippen LogP contribution in [0.5, 0.6) is 11.5 Å². The predicted molar refractivity (Wildman–Crippen MR) is 133 cm³/mol. The van der Waals surface area contributed by atoms with Gasteiger partial charge in [-0.3, -0.25) is 9.10 Å². The molecule has 8 heteroatoms. The van der Waals surface area contributed by atoms with Crippen molar-refractivity contribution >= 4 is 21.6 Å². The van der Waals surface area contributed by atoms with Gasteiger partial charge in [-0.1, -0.05) is 23.8 Å². The Labute approximate surface area is 201 Å². The minimum absolute atomic E-state index is 0.111. The van der Waals surface area contributed by atoms with Crippen LogP contribution in [0.25, 0.3) is 0 Å². The lowest BCUT2D eigenvalue weighted by molar-refractivity contribution is -0.119. The number of nitrogens with one attached hydrogen (secondary N) is 1. The Hall–Kier alpha value is -3.52. The number of sulfonamides is 1. The molecule has 0 saturated heterocycles. The quantitative estimate of drug-likeness (QED) is 0.442. The summed E-state index contributed by atoms with van der Waals surface area (Å²) in [6.45, 7) is 6.00. The summed E-state index contributed by atoms with van der Waals surface area (Å²) in [5.74, 6) is 0.883. The van der Waals surface area contributed by atoms with Gasteiger partial charge in [0, 0.05) is 0 Å². The summed E-state index contributed by atoms with van der Waals surface area (Å²) in [4.78, 5) is 12.8. The summed E-state index contributed by atoms with van der Waals surface area (Å²) in [6.07, 6.45) is 0. The Morgan fingerprint density at radius 1 is 0.853 bits per heavy atom. The monoisotopic (exact) mass is 482 g/mol. The summed E-state index contributed by atoms with van der Waals surface area (Å²) in [5.41, 5.74) is 3.49. The molecule has 180 valence electrons. The molecule has 0 aliphatic heterocycles. The number of ether oxygens (including phenoxy) is 2. The molecule has 3 aromatic rings. The Balaban J connectivity index is 1.71. The Morgan fingerprint density at radius 3 is 2.06 bits per heavy atom. The van der Waals surface area contributed by atoms with E-state index in [1.54, 1.807) is 36.4 Å². The van der Waals surface area contributed by atoms with Crippen molar-refractivity contribution < 1.29 is 22.7 Å². The van der Waals surface area contributed by atoms with E-state index in [4.69, 9.17) is 9.47 Å². The largest absolute Gasteiger partial charge is 0.497 e. The number of hydrogen-bond donors (Lipinski definition) is 1. The van der Waals surface area contributed by atoms with Gasteiger partial charge < -0.3 is 14.8 Å². The van der Waals surface area contributed by atoms with Crippen LogP contribution in [-0.4, -0.2) is 41.1 Å². The van der Waals surface area contributed by atoms with E-state index >= 15 is 0 Å². The topological polar surface area (TPSA) is 84.9 Å². The average molecular weight is 483 g/mol. The van der Waals surface area contributed by atoms with Gasteiger partial charge in [0.1, 0.15) is 24.7 Å². The van der Waals surface area contributed by atoms with E-state index in [2.05, 4.69) is 11.4 Å². The summed E-state index contributed by atoms with van der Waals surface area (Å²) >= 11 is 0. The molecule has 0 aliphatic carbocycles. The highest BCUT2D eigenvalue weighted by Crippen LogP contribution is 2.26. The van der Waals surface area contributed by atoms with Crippen molar-refractivity contribution in [2.24, 2.45) is 0 Å². The highest BCUT2D eigenvalue weighted by Gasteiger charge is 2.27. The number of hydrogen-bond acceptors (Lipinski definition) is 5. The maximum Gasteiger partial charge on any atom is 0.264 e. The second-order valence-electron chi connectivity index (χ2n) is 8.04. The van der Waals surface area contributed by atoms with Crippen LogP contribution in [0.15, 0.2) is 71.6 Å².